The molecule has 0 aromatic heterocycles. The Morgan fingerprint density at radius 2 is 1.93 bits per heavy atom. The average molecular weight is 408 g/mol. The van der Waals surface area contributed by atoms with Crippen molar-refractivity contribution in [1.29, 1.82) is 0 Å². The zero-order valence-electron chi connectivity index (χ0n) is 16.8. The van der Waals surface area contributed by atoms with E-state index in [-0.39, 0.29) is 11.7 Å². The van der Waals surface area contributed by atoms with Gasteiger partial charge in [-0.2, -0.15) is 0 Å². The average Bonchev–Trinajstić information content (AvgIpc) is 2.76. The lowest BCUT2D eigenvalue weighted by Gasteiger charge is -2.20. The van der Waals surface area contributed by atoms with Gasteiger partial charge in [0.25, 0.3) is 11.6 Å². The van der Waals surface area contributed by atoms with Gasteiger partial charge in [-0.1, -0.05) is 30.3 Å². The van der Waals surface area contributed by atoms with Crippen LogP contribution in [0.2, 0.25) is 0 Å². The molecule has 1 amide bonds. The van der Waals surface area contributed by atoms with Crippen LogP contribution in [0.5, 0.6) is 0 Å². The zero-order chi connectivity index (χ0) is 21.5. The fraction of sp³-hybridized carbons (Fsp3) is 0.304. The Balaban J connectivity index is 1.48. The second kappa shape index (κ2) is 9.82. The van der Waals surface area contributed by atoms with Gasteiger partial charge in [0.15, 0.2) is 6.61 Å². The number of nitrogens with zero attached hydrogens (tertiary/aromatic N) is 1. The summed E-state index contributed by atoms with van der Waals surface area (Å²) >= 11 is 0. The van der Waals surface area contributed by atoms with E-state index in [0.29, 0.717) is 5.56 Å². The van der Waals surface area contributed by atoms with Crippen LogP contribution in [0.4, 0.5) is 5.69 Å². The van der Waals surface area contributed by atoms with Gasteiger partial charge in [-0.25, -0.2) is 4.79 Å². The number of benzene rings is 2. The molecule has 156 valence electrons. The van der Waals surface area contributed by atoms with E-state index in [0.717, 1.165) is 24.5 Å². The molecule has 0 unspecified atom stereocenters. The van der Waals surface area contributed by atoms with Crippen molar-refractivity contribution in [3.8, 4) is 0 Å². The largest absolute Gasteiger partial charge is 0.452 e. The molecule has 1 atom stereocenters. The van der Waals surface area contributed by atoms with Crippen molar-refractivity contribution in [2.24, 2.45) is 0 Å². The van der Waals surface area contributed by atoms with Crippen molar-refractivity contribution in [1.82, 2.24) is 5.32 Å². The molecule has 0 spiro atoms. The van der Waals surface area contributed by atoms with Gasteiger partial charge >= 0.3 is 5.97 Å². The van der Waals surface area contributed by atoms with Gasteiger partial charge in [-0.3, -0.25) is 14.9 Å². The van der Waals surface area contributed by atoms with Crippen LogP contribution in [0.25, 0.3) is 6.08 Å². The topological polar surface area (TPSA) is 98.5 Å². The predicted molar refractivity (Wildman–Crippen MR) is 113 cm³/mol. The Morgan fingerprint density at radius 3 is 2.70 bits per heavy atom. The third-order valence-corrected chi connectivity index (χ3v) is 5.09. The van der Waals surface area contributed by atoms with Crippen LogP contribution >= 0.6 is 0 Å². The number of nitro benzene ring substituents is 1. The highest BCUT2D eigenvalue weighted by atomic mass is 16.6. The molecule has 0 heterocycles. The summed E-state index contributed by atoms with van der Waals surface area (Å²) in [7, 11) is 0. The van der Waals surface area contributed by atoms with E-state index in [4.69, 9.17) is 4.74 Å². The highest BCUT2D eigenvalue weighted by Crippen LogP contribution is 2.24. The summed E-state index contributed by atoms with van der Waals surface area (Å²) in [5.41, 5.74) is 4.18. The van der Waals surface area contributed by atoms with E-state index in [9.17, 15) is 19.7 Å². The molecule has 3 rings (SSSR count). The van der Waals surface area contributed by atoms with Crippen LogP contribution in [-0.4, -0.2) is 23.4 Å². The summed E-state index contributed by atoms with van der Waals surface area (Å²) in [5.74, 6) is -1.09. The van der Waals surface area contributed by atoms with Gasteiger partial charge in [-0.15, -0.1) is 0 Å². The fourth-order valence-corrected chi connectivity index (χ4v) is 3.48. The number of non-ortho nitro benzene ring substituents is 1. The number of esters is 1. The number of ether oxygens (including phenoxy) is 1. The number of fused-ring (bicyclic) bond motifs is 1. The second-order valence-electron chi connectivity index (χ2n) is 7.32. The number of hydrogen-bond acceptors (Lipinski definition) is 5. The van der Waals surface area contributed by atoms with Crippen molar-refractivity contribution < 1.29 is 19.2 Å². The number of aryl methyl sites for hydroxylation is 2. The minimum Gasteiger partial charge on any atom is -0.452 e. The normalized spacial score (nSPS) is 14.0. The van der Waals surface area contributed by atoms with E-state index in [1.807, 2.05) is 13.0 Å². The van der Waals surface area contributed by atoms with Crippen LogP contribution < -0.4 is 5.32 Å². The Hall–Kier alpha value is -3.48. The molecule has 0 fully saturated rings. The molecular formula is C23H24N2O5. The van der Waals surface area contributed by atoms with Gasteiger partial charge in [0.05, 0.1) is 11.0 Å². The van der Waals surface area contributed by atoms with Gasteiger partial charge in [0.2, 0.25) is 0 Å². The van der Waals surface area contributed by atoms with Crippen LogP contribution in [0.3, 0.4) is 0 Å². The number of carbonyl (C=O) groups is 2. The van der Waals surface area contributed by atoms with Gasteiger partial charge in [0.1, 0.15) is 0 Å². The molecule has 0 bridgehead atoms. The monoisotopic (exact) mass is 408 g/mol. The second-order valence-corrected chi connectivity index (χ2v) is 7.32. The summed E-state index contributed by atoms with van der Waals surface area (Å²) < 4.78 is 4.96. The molecule has 1 N–H and O–H groups in total. The van der Waals surface area contributed by atoms with Crippen molar-refractivity contribution >= 4 is 23.6 Å². The first kappa shape index (κ1) is 21.2. The van der Waals surface area contributed by atoms with Gasteiger partial charge < -0.3 is 10.1 Å². The van der Waals surface area contributed by atoms with Crippen LogP contribution in [0.15, 0.2) is 48.5 Å². The van der Waals surface area contributed by atoms with Crippen molar-refractivity contribution in [3.63, 3.8) is 0 Å². The fourth-order valence-electron chi connectivity index (χ4n) is 3.48. The van der Waals surface area contributed by atoms with E-state index >= 15 is 0 Å². The first-order valence-corrected chi connectivity index (χ1v) is 9.93. The maximum atomic E-state index is 12.1. The first-order valence-electron chi connectivity index (χ1n) is 9.93. The highest BCUT2D eigenvalue weighted by molar-refractivity contribution is 5.89. The summed E-state index contributed by atoms with van der Waals surface area (Å²) in [6.45, 7) is 1.50. The summed E-state index contributed by atoms with van der Waals surface area (Å²) in [5, 5.41) is 13.6. The maximum absolute atomic E-state index is 12.1. The number of nitro groups is 1. The third-order valence-electron chi connectivity index (χ3n) is 5.09. The third kappa shape index (κ3) is 5.76. The molecule has 0 saturated heterocycles. The lowest BCUT2D eigenvalue weighted by atomic mass is 9.89. The minimum atomic E-state index is -0.696. The molecule has 30 heavy (non-hydrogen) atoms. The predicted octanol–water partition coefficient (Wildman–Crippen LogP) is 3.91. The molecule has 0 saturated carbocycles. The molecule has 2 aromatic rings. The standard InChI is InChI=1S/C23H24N2O5/c1-16(19-11-10-18-6-2-3-7-20(18)14-19)24-22(26)15-30-23(27)12-9-17-5-4-8-21(13-17)25(28)29/h4-5,8-14,16H,2-3,6-7,15H2,1H3,(H,24,26)/b12-9+/t16-/m0/s1. The Bertz CT molecular complexity index is 983. The summed E-state index contributed by atoms with van der Waals surface area (Å²) in [6, 6.07) is 12.0. The molecule has 1 aliphatic carbocycles. The van der Waals surface area contributed by atoms with Gasteiger partial charge in [-0.05, 0) is 60.9 Å². The molecular weight excluding hydrogens is 384 g/mol. The Morgan fingerprint density at radius 1 is 1.17 bits per heavy atom. The van der Waals surface area contributed by atoms with Crippen LogP contribution in [0, 0.1) is 10.1 Å². The maximum Gasteiger partial charge on any atom is 0.331 e. The number of rotatable bonds is 7. The van der Waals surface area contributed by atoms with E-state index in [1.165, 1.54) is 48.2 Å². The number of hydrogen-bond donors (Lipinski definition) is 1. The van der Waals surface area contributed by atoms with E-state index < -0.39 is 23.4 Å². The van der Waals surface area contributed by atoms with Crippen LogP contribution in [0.1, 0.15) is 48.1 Å². The molecule has 7 heteroatoms. The zero-order valence-corrected chi connectivity index (χ0v) is 16.8. The van der Waals surface area contributed by atoms with Crippen molar-refractivity contribution in [3.05, 3.63) is 80.9 Å². The van der Waals surface area contributed by atoms with E-state index in [2.05, 4.69) is 17.4 Å². The quantitative estimate of drug-likeness (QED) is 0.324. The number of carbonyl (C=O) groups excluding carboxylic acids is 2. The van der Waals surface area contributed by atoms with Crippen molar-refractivity contribution in [2.75, 3.05) is 6.61 Å². The minimum absolute atomic E-state index is 0.0685. The lowest BCUT2D eigenvalue weighted by molar-refractivity contribution is -0.384. The Kier molecular flexibility index (Phi) is 6.95. The van der Waals surface area contributed by atoms with Crippen LogP contribution in [-0.2, 0) is 27.2 Å². The molecule has 7 nitrogen and oxygen atoms in total. The number of amides is 1. The van der Waals surface area contributed by atoms with E-state index in [1.54, 1.807) is 6.07 Å². The molecule has 1 aliphatic rings. The SMILES string of the molecule is C[C@H](NC(=O)COC(=O)/C=C/c1cccc([N+](=O)[O-])c1)c1ccc2c(c1)CCCC2. The highest BCUT2D eigenvalue weighted by Gasteiger charge is 2.15. The summed E-state index contributed by atoms with van der Waals surface area (Å²) in [6.07, 6.45) is 7.13. The first-order chi connectivity index (χ1) is 14.4. The molecule has 0 radical (unpaired) electrons. The number of nitrogens with one attached hydrogen (secondary N) is 1. The van der Waals surface area contributed by atoms with Crippen molar-refractivity contribution in [2.45, 2.75) is 38.6 Å². The molecule has 2 aromatic carbocycles. The molecule has 0 aliphatic heterocycles. The lowest BCUT2D eigenvalue weighted by Crippen LogP contribution is -2.31. The smallest absolute Gasteiger partial charge is 0.331 e. The summed E-state index contributed by atoms with van der Waals surface area (Å²) in [4.78, 5) is 34.2. The Labute approximate surface area is 174 Å². The van der Waals surface area contributed by atoms with Gasteiger partial charge in [0, 0.05) is 18.2 Å².